The first kappa shape index (κ1) is 13.8. The molecule has 0 radical (unpaired) electrons. The molecule has 1 aromatic carbocycles. The van der Waals surface area contributed by atoms with E-state index in [-0.39, 0.29) is 0 Å². The van der Waals surface area contributed by atoms with E-state index in [0.29, 0.717) is 6.04 Å². The summed E-state index contributed by atoms with van der Waals surface area (Å²) < 4.78 is 3.12. The van der Waals surface area contributed by atoms with E-state index in [9.17, 15) is 0 Å². The third-order valence-corrected chi connectivity index (χ3v) is 4.71. The van der Waals surface area contributed by atoms with Crippen molar-refractivity contribution < 1.29 is 0 Å². The molecule has 106 valence electrons. The number of nitrogens with zero attached hydrogens (tertiary/aromatic N) is 2. The van der Waals surface area contributed by atoms with Crippen LogP contribution in [-0.2, 0) is 7.05 Å². The summed E-state index contributed by atoms with van der Waals surface area (Å²) in [4.78, 5) is 0. The Morgan fingerprint density at radius 1 is 1.35 bits per heavy atom. The Hall–Kier alpha value is -1.13. The number of hydrogen-bond acceptors (Lipinski definition) is 2. The summed E-state index contributed by atoms with van der Waals surface area (Å²) in [6, 6.07) is 6.86. The summed E-state index contributed by atoms with van der Waals surface area (Å²) >= 11 is 3.59. The Labute approximate surface area is 128 Å². The van der Waals surface area contributed by atoms with Gasteiger partial charge in [-0.3, -0.25) is 4.68 Å². The van der Waals surface area contributed by atoms with E-state index < -0.39 is 0 Å². The summed E-state index contributed by atoms with van der Waals surface area (Å²) in [7, 11) is 2.03. The third kappa shape index (κ3) is 2.31. The van der Waals surface area contributed by atoms with E-state index in [0.717, 1.165) is 11.0 Å². The predicted molar refractivity (Wildman–Crippen MR) is 85.8 cm³/mol. The van der Waals surface area contributed by atoms with Gasteiger partial charge in [-0.2, -0.15) is 5.10 Å². The van der Waals surface area contributed by atoms with Crippen molar-refractivity contribution >= 4 is 15.9 Å². The second kappa shape index (κ2) is 5.34. The molecule has 1 fully saturated rings. The number of nitrogens with one attached hydrogen (secondary N) is 1. The summed E-state index contributed by atoms with van der Waals surface area (Å²) in [6.07, 6.45) is 2.41. The van der Waals surface area contributed by atoms with E-state index in [1.165, 1.54) is 40.9 Å². The first-order valence-electron chi connectivity index (χ1n) is 7.11. The van der Waals surface area contributed by atoms with E-state index in [4.69, 9.17) is 5.10 Å². The van der Waals surface area contributed by atoms with Gasteiger partial charge in [0.2, 0.25) is 0 Å². The Bertz CT molecular complexity index is 639. The number of halogens is 1. The van der Waals surface area contributed by atoms with E-state index in [1.807, 2.05) is 11.7 Å². The highest BCUT2D eigenvalue weighted by Gasteiger charge is 2.25. The first-order chi connectivity index (χ1) is 9.58. The lowest BCUT2D eigenvalue weighted by Gasteiger charge is -2.13. The van der Waals surface area contributed by atoms with Crippen molar-refractivity contribution in [1.29, 1.82) is 0 Å². The molecule has 1 N–H and O–H groups in total. The minimum Gasteiger partial charge on any atom is -0.309 e. The molecule has 3 rings (SSSR count). The van der Waals surface area contributed by atoms with Crippen molar-refractivity contribution in [3.63, 3.8) is 0 Å². The van der Waals surface area contributed by atoms with Gasteiger partial charge in [-0.1, -0.05) is 22.0 Å². The van der Waals surface area contributed by atoms with Gasteiger partial charge in [0.05, 0.1) is 11.7 Å². The molecule has 0 aliphatic carbocycles. The van der Waals surface area contributed by atoms with Crippen molar-refractivity contribution in [2.75, 3.05) is 6.54 Å². The highest BCUT2D eigenvalue weighted by atomic mass is 79.9. The topological polar surface area (TPSA) is 29.9 Å². The molecule has 1 aliphatic rings. The normalized spacial score (nSPS) is 18.7. The largest absolute Gasteiger partial charge is 0.309 e. The highest BCUT2D eigenvalue weighted by Crippen LogP contribution is 2.36. The molecule has 0 saturated carbocycles. The summed E-state index contributed by atoms with van der Waals surface area (Å²) in [5.74, 6) is 0. The molecule has 2 aromatic rings. The van der Waals surface area contributed by atoms with Crippen LogP contribution in [0.3, 0.4) is 0 Å². The van der Waals surface area contributed by atoms with Gasteiger partial charge in [-0.15, -0.1) is 0 Å². The molecule has 0 spiro atoms. The molecular formula is C16H20BrN3. The second-order valence-electron chi connectivity index (χ2n) is 5.58. The highest BCUT2D eigenvalue weighted by molar-refractivity contribution is 9.10. The van der Waals surface area contributed by atoms with Crippen LogP contribution in [0, 0.1) is 13.8 Å². The fourth-order valence-corrected chi connectivity index (χ4v) is 3.35. The lowest BCUT2D eigenvalue weighted by molar-refractivity contribution is 0.605. The predicted octanol–water partition coefficient (Wildman–Crippen LogP) is 3.89. The van der Waals surface area contributed by atoms with Crippen molar-refractivity contribution in [2.45, 2.75) is 32.7 Å². The van der Waals surface area contributed by atoms with E-state index in [1.54, 1.807) is 0 Å². The first-order valence-corrected chi connectivity index (χ1v) is 7.90. The maximum absolute atomic E-state index is 4.78. The van der Waals surface area contributed by atoms with E-state index >= 15 is 0 Å². The Balaban J connectivity index is 2.19. The maximum atomic E-state index is 4.78. The van der Waals surface area contributed by atoms with Gasteiger partial charge >= 0.3 is 0 Å². The lowest BCUT2D eigenvalue weighted by Crippen LogP contribution is -2.14. The molecular weight excluding hydrogens is 314 g/mol. The zero-order chi connectivity index (χ0) is 14.3. The lowest BCUT2D eigenvalue weighted by atomic mass is 9.95. The van der Waals surface area contributed by atoms with Gasteiger partial charge in [0.25, 0.3) is 0 Å². The van der Waals surface area contributed by atoms with Gasteiger partial charge in [0.1, 0.15) is 0 Å². The van der Waals surface area contributed by atoms with Crippen LogP contribution in [0.25, 0.3) is 11.1 Å². The molecule has 0 amide bonds. The monoisotopic (exact) mass is 333 g/mol. The van der Waals surface area contributed by atoms with Crippen molar-refractivity contribution in [2.24, 2.45) is 7.05 Å². The molecule has 3 nitrogen and oxygen atoms in total. The van der Waals surface area contributed by atoms with Crippen LogP contribution in [-0.4, -0.2) is 16.3 Å². The van der Waals surface area contributed by atoms with Gasteiger partial charge in [-0.05, 0) is 56.5 Å². The minimum atomic E-state index is 0.392. The molecule has 0 bridgehead atoms. The van der Waals surface area contributed by atoms with Crippen LogP contribution < -0.4 is 5.32 Å². The number of aromatic nitrogens is 2. The summed E-state index contributed by atoms with van der Waals surface area (Å²) in [5.41, 5.74) is 6.31. The SMILES string of the molecule is Cc1ccc(Br)cc1-c1c(C2CCCN2)nn(C)c1C. The molecule has 1 unspecified atom stereocenters. The number of benzene rings is 1. The second-order valence-corrected chi connectivity index (χ2v) is 6.49. The van der Waals surface area contributed by atoms with Gasteiger partial charge in [0, 0.05) is 22.8 Å². The molecule has 1 aromatic heterocycles. The van der Waals surface area contributed by atoms with Crippen molar-refractivity contribution in [3.8, 4) is 11.1 Å². The van der Waals surface area contributed by atoms with Crippen molar-refractivity contribution in [1.82, 2.24) is 15.1 Å². The fourth-order valence-electron chi connectivity index (χ4n) is 2.99. The van der Waals surface area contributed by atoms with Gasteiger partial charge in [-0.25, -0.2) is 0 Å². The number of rotatable bonds is 2. The van der Waals surface area contributed by atoms with Crippen molar-refractivity contribution in [3.05, 3.63) is 39.6 Å². The molecule has 4 heteroatoms. The van der Waals surface area contributed by atoms with Crippen LogP contribution in [0.15, 0.2) is 22.7 Å². The number of aryl methyl sites for hydroxylation is 2. The zero-order valence-corrected chi connectivity index (χ0v) is 13.8. The summed E-state index contributed by atoms with van der Waals surface area (Å²) in [5, 5.41) is 8.35. The molecule has 1 aliphatic heterocycles. The Morgan fingerprint density at radius 2 is 2.15 bits per heavy atom. The maximum Gasteiger partial charge on any atom is 0.0875 e. The van der Waals surface area contributed by atoms with Crippen LogP contribution in [0.4, 0.5) is 0 Å². The Kier molecular flexibility index (Phi) is 3.69. The average Bonchev–Trinajstić information content (AvgIpc) is 3.03. The molecule has 1 atom stereocenters. The summed E-state index contributed by atoms with van der Waals surface area (Å²) in [6.45, 7) is 5.42. The smallest absolute Gasteiger partial charge is 0.0875 e. The molecule has 20 heavy (non-hydrogen) atoms. The van der Waals surface area contributed by atoms with Crippen LogP contribution in [0.5, 0.6) is 0 Å². The molecule has 1 saturated heterocycles. The standard InChI is InChI=1S/C16H20BrN3/c1-10-6-7-12(17)9-13(10)15-11(2)20(3)19-16(15)14-5-4-8-18-14/h6-7,9,14,18H,4-5,8H2,1-3H3. The minimum absolute atomic E-state index is 0.392. The third-order valence-electron chi connectivity index (χ3n) is 4.22. The Morgan fingerprint density at radius 3 is 2.85 bits per heavy atom. The fraction of sp³-hybridized carbons (Fsp3) is 0.438. The van der Waals surface area contributed by atoms with Crippen LogP contribution in [0.1, 0.15) is 35.8 Å². The zero-order valence-electron chi connectivity index (χ0n) is 12.2. The molecule has 2 heterocycles. The van der Waals surface area contributed by atoms with E-state index in [2.05, 4.69) is 53.3 Å². The average molecular weight is 334 g/mol. The van der Waals surface area contributed by atoms with Gasteiger partial charge in [0.15, 0.2) is 0 Å². The number of hydrogen-bond donors (Lipinski definition) is 1. The van der Waals surface area contributed by atoms with Crippen LogP contribution >= 0.6 is 15.9 Å². The quantitative estimate of drug-likeness (QED) is 0.903. The van der Waals surface area contributed by atoms with Crippen LogP contribution in [0.2, 0.25) is 0 Å². The van der Waals surface area contributed by atoms with Gasteiger partial charge < -0.3 is 5.32 Å².